The van der Waals surface area contributed by atoms with Crippen LogP contribution in [0.2, 0.25) is 0 Å². The molecule has 0 spiro atoms. The molecule has 4 rings (SSSR count). The van der Waals surface area contributed by atoms with E-state index in [1.165, 1.54) is 0 Å². The van der Waals surface area contributed by atoms with Gasteiger partial charge in [0, 0.05) is 17.7 Å². The molecule has 2 aliphatic heterocycles. The van der Waals surface area contributed by atoms with Gasteiger partial charge in [0.05, 0.1) is 53.0 Å². The topological polar surface area (TPSA) is 112 Å². The highest BCUT2D eigenvalue weighted by molar-refractivity contribution is 5.88. The number of hydrogen-bond acceptors (Lipinski definition) is 6. The van der Waals surface area contributed by atoms with Crippen LogP contribution in [0.1, 0.15) is 78.0 Å². The van der Waals surface area contributed by atoms with Crippen LogP contribution in [0.4, 0.5) is 0 Å². The molecule has 0 aliphatic carbocycles. The lowest BCUT2D eigenvalue weighted by Gasteiger charge is -2.36. The van der Waals surface area contributed by atoms with Crippen molar-refractivity contribution in [2.45, 2.75) is 96.2 Å². The van der Waals surface area contributed by atoms with E-state index in [1.54, 1.807) is 19.9 Å². The Morgan fingerprint density at radius 3 is 2.63 bits per heavy atom. The Labute approximate surface area is 225 Å². The molecule has 1 aromatic carbocycles. The first-order valence-electron chi connectivity index (χ1n) is 13.8. The van der Waals surface area contributed by atoms with Crippen molar-refractivity contribution < 1.29 is 24.5 Å². The summed E-state index contributed by atoms with van der Waals surface area (Å²) in [6.45, 7) is 11.1. The summed E-state index contributed by atoms with van der Waals surface area (Å²) in [4.78, 5) is 31.7. The number of pyridine rings is 1. The van der Waals surface area contributed by atoms with Crippen molar-refractivity contribution in [3.8, 4) is 0 Å². The first-order chi connectivity index (χ1) is 18.0. The van der Waals surface area contributed by atoms with Crippen molar-refractivity contribution >= 4 is 22.6 Å². The summed E-state index contributed by atoms with van der Waals surface area (Å²) in [5.41, 5.74) is 0.0546. The Kier molecular flexibility index (Phi) is 8.40. The summed E-state index contributed by atoms with van der Waals surface area (Å²) < 4.78 is 6.14. The molecule has 0 saturated carbocycles. The fraction of sp³-hybridized carbons (Fsp3) is 0.581. The van der Waals surface area contributed by atoms with Gasteiger partial charge in [-0.1, -0.05) is 57.5 Å². The minimum Gasteiger partial charge on any atom is -0.392 e. The highest BCUT2D eigenvalue weighted by atomic mass is 16.6. The first kappa shape index (κ1) is 28.4. The number of nitrogens with one attached hydrogen (secondary N) is 1. The number of fused-ring (bicyclic) bond motifs is 2. The maximum Gasteiger partial charge on any atom is 0.223 e. The van der Waals surface area contributed by atoms with Crippen LogP contribution in [0.5, 0.6) is 0 Å². The van der Waals surface area contributed by atoms with Gasteiger partial charge in [-0.2, -0.15) is 0 Å². The van der Waals surface area contributed by atoms with E-state index in [9.17, 15) is 19.8 Å². The van der Waals surface area contributed by atoms with Gasteiger partial charge in [0.25, 0.3) is 0 Å². The maximum absolute atomic E-state index is 13.6. The highest BCUT2D eigenvalue weighted by Gasteiger charge is 2.52. The van der Waals surface area contributed by atoms with Gasteiger partial charge < -0.3 is 20.3 Å². The SMILES string of the molecule is C=CC[C@H]1C(=O)C(C)(C)[C@@H](O)CC(=O)N[C@H](c2ccc3ccccc3n2)CC2OC2(C)CCC[C@H](C)[C@H]1O. The van der Waals surface area contributed by atoms with Crippen molar-refractivity contribution in [1.82, 2.24) is 10.3 Å². The molecular formula is C31H42N2O5. The molecule has 2 saturated heterocycles. The lowest BCUT2D eigenvalue weighted by Crippen LogP contribution is -2.47. The van der Waals surface area contributed by atoms with E-state index in [1.807, 2.05) is 43.3 Å². The van der Waals surface area contributed by atoms with Gasteiger partial charge in [0.1, 0.15) is 5.78 Å². The number of para-hydroxylation sites is 1. The zero-order valence-corrected chi connectivity index (χ0v) is 23.0. The molecule has 7 nitrogen and oxygen atoms in total. The van der Waals surface area contributed by atoms with Gasteiger partial charge in [-0.05, 0) is 44.2 Å². The lowest BCUT2D eigenvalue weighted by atomic mass is 9.71. The highest BCUT2D eigenvalue weighted by Crippen LogP contribution is 2.45. The average molecular weight is 523 g/mol. The largest absolute Gasteiger partial charge is 0.392 e. The molecular weight excluding hydrogens is 480 g/mol. The zero-order chi connectivity index (χ0) is 27.7. The van der Waals surface area contributed by atoms with Crippen molar-refractivity contribution in [2.75, 3.05) is 0 Å². The van der Waals surface area contributed by atoms with E-state index in [2.05, 4.69) is 18.8 Å². The monoisotopic (exact) mass is 522 g/mol. The standard InChI is InChI=1S/C31H42N2O5/c1-6-10-21-28(36)19(2)11-9-16-31(5)26(38-31)17-24(23-15-14-20-12-7-8-13-22(20)32-23)33-27(35)18-25(34)30(3,4)29(21)37/h6-8,12-15,19,21,24-26,28,34,36H,1,9-11,16-18H2,2-5H3,(H,33,35)/t19-,21+,24-,25-,26?,28+,31?/m0/s1. The quantitative estimate of drug-likeness (QED) is 0.399. The number of amides is 1. The van der Waals surface area contributed by atoms with Crippen LogP contribution in [0.15, 0.2) is 49.1 Å². The Bertz CT molecular complexity index is 1180. The first-order valence-corrected chi connectivity index (χ1v) is 13.8. The molecule has 0 bridgehead atoms. The summed E-state index contributed by atoms with van der Waals surface area (Å²) in [6, 6.07) is 11.4. The van der Waals surface area contributed by atoms with E-state index in [-0.39, 0.29) is 35.7 Å². The smallest absolute Gasteiger partial charge is 0.223 e. The number of carbonyl (C=O) groups is 2. The number of hydrogen-bond donors (Lipinski definition) is 3. The Hall–Kier alpha value is -2.61. The summed E-state index contributed by atoms with van der Waals surface area (Å²) in [5.74, 6) is -1.42. The van der Waals surface area contributed by atoms with Crippen LogP contribution < -0.4 is 5.32 Å². The third-order valence-corrected chi connectivity index (χ3v) is 8.73. The molecule has 3 heterocycles. The number of ketones is 1. The zero-order valence-electron chi connectivity index (χ0n) is 23.0. The molecule has 1 amide bonds. The number of Topliss-reactive ketones (excluding diaryl/α,β-unsaturated/α-hetero) is 1. The number of nitrogens with zero attached hydrogens (tertiary/aromatic N) is 1. The van der Waals surface area contributed by atoms with Gasteiger partial charge in [-0.25, -0.2) is 0 Å². The van der Waals surface area contributed by atoms with E-state index in [0.29, 0.717) is 12.8 Å². The Balaban J connectivity index is 1.63. The number of allylic oxidation sites excluding steroid dienone is 1. The summed E-state index contributed by atoms with van der Waals surface area (Å²) >= 11 is 0. The lowest BCUT2D eigenvalue weighted by molar-refractivity contribution is -0.144. The third-order valence-electron chi connectivity index (χ3n) is 8.73. The second-order valence-corrected chi connectivity index (χ2v) is 12.0. The maximum atomic E-state index is 13.6. The van der Waals surface area contributed by atoms with Crippen molar-refractivity contribution in [2.24, 2.45) is 17.3 Å². The summed E-state index contributed by atoms with van der Waals surface area (Å²) in [6.07, 6.45) is 2.58. The van der Waals surface area contributed by atoms with Crippen molar-refractivity contribution in [1.29, 1.82) is 0 Å². The number of ether oxygens (including phenoxy) is 1. The number of aromatic nitrogens is 1. The summed E-state index contributed by atoms with van der Waals surface area (Å²) in [7, 11) is 0. The number of rotatable bonds is 3. The predicted molar refractivity (Wildman–Crippen MR) is 147 cm³/mol. The Morgan fingerprint density at radius 2 is 1.89 bits per heavy atom. The van der Waals surface area contributed by atoms with Gasteiger partial charge in [-0.3, -0.25) is 14.6 Å². The molecule has 1 aromatic heterocycles. The third kappa shape index (κ3) is 6.00. The summed E-state index contributed by atoms with van der Waals surface area (Å²) in [5, 5.41) is 26.3. The molecule has 2 unspecified atom stereocenters. The minimum absolute atomic E-state index is 0.0364. The van der Waals surface area contributed by atoms with Gasteiger partial charge in [-0.15, -0.1) is 6.58 Å². The fourth-order valence-corrected chi connectivity index (χ4v) is 5.80. The molecule has 2 fully saturated rings. The van der Waals surface area contributed by atoms with Crippen LogP contribution in [0, 0.1) is 17.3 Å². The normalized spacial score (nSPS) is 34.8. The van der Waals surface area contributed by atoms with E-state index < -0.39 is 29.6 Å². The molecule has 0 radical (unpaired) electrons. The number of benzene rings is 1. The van der Waals surface area contributed by atoms with Crippen molar-refractivity contribution in [3.05, 3.63) is 54.7 Å². The van der Waals surface area contributed by atoms with Crippen LogP contribution >= 0.6 is 0 Å². The predicted octanol–water partition coefficient (Wildman–Crippen LogP) is 4.66. The molecule has 7 atom stereocenters. The number of epoxide rings is 1. The molecule has 3 N–H and O–H groups in total. The molecule has 2 aromatic rings. The molecule has 2 aliphatic rings. The molecule has 206 valence electrons. The number of aliphatic hydroxyl groups excluding tert-OH is 2. The second-order valence-electron chi connectivity index (χ2n) is 12.0. The number of aliphatic hydroxyl groups is 2. The Morgan fingerprint density at radius 1 is 1.16 bits per heavy atom. The van der Waals surface area contributed by atoms with Crippen LogP contribution in [0.3, 0.4) is 0 Å². The van der Waals surface area contributed by atoms with E-state index in [0.717, 1.165) is 35.9 Å². The minimum atomic E-state index is -1.22. The molecule has 7 heteroatoms. The van der Waals surface area contributed by atoms with Crippen molar-refractivity contribution in [3.63, 3.8) is 0 Å². The van der Waals surface area contributed by atoms with Gasteiger partial charge in [0.15, 0.2) is 0 Å². The van der Waals surface area contributed by atoms with Gasteiger partial charge in [0.2, 0.25) is 5.91 Å². The average Bonchev–Trinajstić information content (AvgIpc) is 3.53. The van der Waals surface area contributed by atoms with E-state index in [4.69, 9.17) is 9.72 Å². The number of carbonyl (C=O) groups excluding carboxylic acids is 2. The van der Waals surface area contributed by atoms with E-state index >= 15 is 0 Å². The second kappa shape index (κ2) is 11.2. The van der Waals surface area contributed by atoms with Crippen LogP contribution in [-0.4, -0.2) is 50.8 Å². The van der Waals surface area contributed by atoms with Crippen LogP contribution in [-0.2, 0) is 14.3 Å². The molecule has 38 heavy (non-hydrogen) atoms. The fourth-order valence-electron chi connectivity index (χ4n) is 5.80. The van der Waals surface area contributed by atoms with Crippen LogP contribution in [0.25, 0.3) is 10.9 Å². The van der Waals surface area contributed by atoms with Gasteiger partial charge >= 0.3 is 0 Å².